The summed E-state index contributed by atoms with van der Waals surface area (Å²) in [5.41, 5.74) is 0.138. The van der Waals surface area contributed by atoms with Gasteiger partial charge in [-0.2, -0.15) is 23.0 Å². The van der Waals surface area contributed by atoms with Crippen LogP contribution in [-0.2, 0) is 6.18 Å². The zero-order chi connectivity index (χ0) is 24.3. The highest BCUT2D eigenvalue weighted by Crippen LogP contribution is 2.31. The molecule has 12 heteroatoms. The van der Waals surface area contributed by atoms with E-state index in [1.54, 1.807) is 42.9 Å². The molecule has 0 aliphatic heterocycles. The zero-order valence-corrected chi connectivity index (χ0v) is 18.1. The third kappa shape index (κ3) is 4.95. The second kappa shape index (κ2) is 9.17. The zero-order valence-electron chi connectivity index (χ0n) is 18.1. The van der Waals surface area contributed by atoms with Crippen molar-refractivity contribution in [2.75, 3.05) is 23.0 Å². The van der Waals surface area contributed by atoms with Gasteiger partial charge < -0.3 is 16.0 Å². The number of nitrogens with zero attached hydrogens (tertiary/aromatic N) is 5. The Morgan fingerprint density at radius 3 is 2.62 bits per heavy atom. The van der Waals surface area contributed by atoms with Gasteiger partial charge in [0.25, 0.3) is 5.91 Å². The summed E-state index contributed by atoms with van der Waals surface area (Å²) in [6, 6.07) is 11.1. The number of aryl methyl sites for hydroxylation is 1. The van der Waals surface area contributed by atoms with Crippen molar-refractivity contribution in [3.8, 4) is 5.82 Å². The predicted molar refractivity (Wildman–Crippen MR) is 120 cm³/mol. The van der Waals surface area contributed by atoms with Crippen LogP contribution in [0, 0.1) is 6.92 Å². The molecule has 174 valence electrons. The average Bonchev–Trinajstić information content (AvgIpc) is 3.19. The summed E-state index contributed by atoms with van der Waals surface area (Å²) in [7, 11) is 1.73. The molecule has 34 heavy (non-hydrogen) atoms. The Balaban J connectivity index is 1.63. The number of aromatic nitrogens is 5. The molecule has 0 aliphatic carbocycles. The van der Waals surface area contributed by atoms with Crippen molar-refractivity contribution in [1.82, 2.24) is 24.7 Å². The lowest BCUT2D eigenvalue weighted by atomic mass is 10.2. The molecule has 3 N–H and O–H groups in total. The molecule has 0 saturated heterocycles. The molecule has 4 aromatic rings. The molecule has 0 fully saturated rings. The lowest BCUT2D eigenvalue weighted by Crippen LogP contribution is -2.17. The highest BCUT2D eigenvalue weighted by Gasteiger charge is 2.30. The van der Waals surface area contributed by atoms with E-state index in [9.17, 15) is 18.0 Å². The first-order valence-corrected chi connectivity index (χ1v) is 10.0. The first kappa shape index (κ1) is 22.7. The Morgan fingerprint density at radius 2 is 1.85 bits per heavy atom. The van der Waals surface area contributed by atoms with Crippen LogP contribution in [0.4, 0.5) is 36.2 Å². The minimum Gasteiger partial charge on any atom is -0.373 e. The number of carbonyl (C=O) groups excluding carboxylic acids is 1. The average molecular weight is 468 g/mol. The van der Waals surface area contributed by atoms with E-state index in [1.165, 1.54) is 24.7 Å². The van der Waals surface area contributed by atoms with E-state index < -0.39 is 17.6 Å². The number of anilines is 4. The Bertz CT molecular complexity index is 1340. The smallest absolute Gasteiger partial charge is 0.373 e. The van der Waals surface area contributed by atoms with Crippen LogP contribution < -0.4 is 16.0 Å². The van der Waals surface area contributed by atoms with Gasteiger partial charge in [0.2, 0.25) is 0 Å². The quantitative estimate of drug-likeness (QED) is 0.384. The van der Waals surface area contributed by atoms with E-state index in [2.05, 4.69) is 36.0 Å². The number of hydrogen-bond acceptors (Lipinski definition) is 7. The molecule has 0 radical (unpaired) electrons. The molecule has 0 atom stereocenters. The van der Waals surface area contributed by atoms with E-state index in [0.29, 0.717) is 28.8 Å². The number of carbonyl (C=O) groups is 1. The molecular weight excluding hydrogens is 449 g/mol. The highest BCUT2D eigenvalue weighted by atomic mass is 19.4. The van der Waals surface area contributed by atoms with E-state index >= 15 is 0 Å². The van der Waals surface area contributed by atoms with Crippen LogP contribution in [0.25, 0.3) is 5.82 Å². The van der Waals surface area contributed by atoms with E-state index in [4.69, 9.17) is 0 Å². The summed E-state index contributed by atoms with van der Waals surface area (Å²) in [6.07, 6.45) is -1.72. The molecule has 4 rings (SSSR count). The number of rotatable bonds is 6. The first-order valence-electron chi connectivity index (χ1n) is 10.0. The second-order valence-electron chi connectivity index (χ2n) is 7.15. The molecule has 3 heterocycles. The van der Waals surface area contributed by atoms with E-state index in [-0.39, 0.29) is 11.4 Å². The van der Waals surface area contributed by atoms with Crippen molar-refractivity contribution in [3.05, 3.63) is 78.0 Å². The van der Waals surface area contributed by atoms with Gasteiger partial charge in [-0.25, -0.2) is 15.0 Å². The summed E-state index contributed by atoms with van der Waals surface area (Å²) in [5, 5.41) is 13.0. The largest absolute Gasteiger partial charge is 0.416 e. The number of halogens is 3. The lowest BCUT2D eigenvalue weighted by molar-refractivity contribution is -0.137. The Morgan fingerprint density at radius 1 is 1.03 bits per heavy atom. The van der Waals surface area contributed by atoms with Gasteiger partial charge in [0.1, 0.15) is 18.0 Å². The molecule has 0 spiro atoms. The maximum Gasteiger partial charge on any atom is 0.416 e. The van der Waals surface area contributed by atoms with Crippen LogP contribution in [0.2, 0.25) is 0 Å². The van der Waals surface area contributed by atoms with Gasteiger partial charge in [-0.15, -0.1) is 0 Å². The third-order valence-electron chi connectivity index (χ3n) is 4.69. The van der Waals surface area contributed by atoms with Gasteiger partial charge in [0.15, 0.2) is 11.5 Å². The topological polar surface area (TPSA) is 110 Å². The fraction of sp³-hybridized carbons (Fsp3) is 0.136. The van der Waals surface area contributed by atoms with Crippen LogP contribution in [0.3, 0.4) is 0 Å². The van der Waals surface area contributed by atoms with Gasteiger partial charge in [-0.05, 0) is 37.3 Å². The van der Waals surface area contributed by atoms with Gasteiger partial charge in [-0.1, -0.05) is 6.07 Å². The van der Waals surface area contributed by atoms with Crippen molar-refractivity contribution in [1.29, 1.82) is 0 Å². The van der Waals surface area contributed by atoms with Gasteiger partial charge in [0, 0.05) is 31.1 Å². The number of amides is 1. The monoisotopic (exact) mass is 468 g/mol. The third-order valence-corrected chi connectivity index (χ3v) is 4.69. The summed E-state index contributed by atoms with van der Waals surface area (Å²) in [5.74, 6) is 0.893. The SMILES string of the molecule is CNc1cc(-n2nc(C)cc2Nc2cccnc2C(=O)Nc2cccc(C(F)(F)F)c2)ncn1. The standard InChI is InChI=1S/C22H19F3N8O/c1-13-9-19(33(32-13)18-11-17(26-2)28-12-29-18)31-16-7-4-8-27-20(16)21(34)30-15-6-3-5-14(10-15)22(23,24)25/h3-12,31H,1-2H3,(H,30,34)(H,26,28,29). The van der Waals surface area contributed by atoms with Crippen LogP contribution >= 0.6 is 0 Å². The number of benzene rings is 1. The number of nitrogens with one attached hydrogen (secondary N) is 3. The fourth-order valence-corrected chi connectivity index (χ4v) is 3.15. The van der Waals surface area contributed by atoms with Crippen molar-refractivity contribution in [2.45, 2.75) is 13.1 Å². The lowest BCUT2D eigenvalue weighted by Gasteiger charge is -2.13. The molecule has 1 amide bonds. The van der Waals surface area contributed by atoms with E-state index in [0.717, 1.165) is 12.1 Å². The summed E-state index contributed by atoms with van der Waals surface area (Å²) < 4.78 is 40.6. The Hall–Kier alpha value is -4.48. The van der Waals surface area contributed by atoms with Crippen LogP contribution in [0.5, 0.6) is 0 Å². The normalized spacial score (nSPS) is 11.2. The molecule has 3 aromatic heterocycles. The van der Waals surface area contributed by atoms with E-state index in [1.807, 2.05) is 0 Å². The highest BCUT2D eigenvalue weighted by molar-refractivity contribution is 6.06. The fourth-order valence-electron chi connectivity index (χ4n) is 3.15. The minimum atomic E-state index is -4.52. The molecule has 0 unspecified atom stereocenters. The molecule has 1 aromatic carbocycles. The number of alkyl halides is 3. The number of hydrogen-bond donors (Lipinski definition) is 3. The van der Waals surface area contributed by atoms with Gasteiger partial charge >= 0.3 is 6.18 Å². The molecule has 0 bridgehead atoms. The maximum atomic E-state index is 13.0. The number of pyridine rings is 1. The minimum absolute atomic E-state index is 0.00195. The Labute approximate surface area is 192 Å². The predicted octanol–water partition coefficient (Wildman–Crippen LogP) is 4.42. The molecule has 0 aliphatic rings. The molecule has 9 nitrogen and oxygen atoms in total. The summed E-state index contributed by atoms with van der Waals surface area (Å²) in [6.45, 7) is 1.80. The van der Waals surface area contributed by atoms with Crippen LogP contribution in [0.1, 0.15) is 21.7 Å². The first-order chi connectivity index (χ1) is 16.2. The Kier molecular flexibility index (Phi) is 6.13. The van der Waals surface area contributed by atoms with Crippen LogP contribution in [0.15, 0.2) is 61.1 Å². The molecular formula is C22H19F3N8O. The molecule has 0 saturated carbocycles. The van der Waals surface area contributed by atoms with Crippen molar-refractivity contribution < 1.29 is 18.0 Å². The maximum absolute atomic E-state index is 13.0. The van der Waals surface area contributed by atoms with Crippen LogP contribution in [-0.4, -0.2) is 37.7 Å². The van der Waals surface area contributed by atoms with Crippen molar-refractivity contribution in [2.24, 2.45) is 0 Å². The van der Waals surface area contributed by atoms with Gasteiger partial charge in [0.05, 0.1) is 16.9 Å². The summed E-state index contributed by atoms with van der Waals surface area (Å²) in [4.78, 5) is 25.3. The van der Waals surface area contributed by atoms with Gasteiger partial charge in [-0.3, -0.25) is 4.79 Å². The second-order valence-corrected chi connectivity index (χ2v) is 7.15. The van der Waals surface area contributed by atoms with Crippen molar-refractivity contribution in [3.63, 3.8) is 0 Å². The van der Waals surface area contributed by atoms with Crippen molar-refractivity contribution >= 4 is 28.9 Å². The summed E-state index contributed by atoms with van der Waals surface area (Å²) >= 11 is 0.